The topological polar surface area (TPSA) is 12.4 Å². The van der Waals surface area contributed by atoms with Crippen molar-refractivity contribution in [3.8, 4) is 0 Å². The van der Waals surface area contributed by atoms with Crippen LogP contribution in [-0.2, 0) is 0 Å². The first kappa shape index (κ1) is 19.1. The second kappa shape index (κ2) is 8.81. The van der Waals surface area contributed by atoms with Gasteiger partial charge < -0.3 is 0 Å². The number of hydrogen-bond donors (Lipinski definition) is 0. The average Bonchev–Trinajstić information content (AvgIpc) is 2.69. The maximum Gasteiger partial charge on any atom is 0.0695 e. The molecule has 0 aliphatic carbocycles. The quantitative estimate of drug-likeness (QED) is 0.407. The second-order valence-electron chi connectivity index (χ2n) is 7.67. The van der Waals surface area contributed by atoms with Gasteiger partial charge in [-0.15, -0.1) is 0 Å². The van der Waals surface area contributed by atoms with E-state index in [1.54, 1.807) is 0 Å². The lowest BCUT2D eigenvalue weighted by Gasteiger charge is -2.18. The molecule has 0 amide bonds. The predicted octanol–water partition coefficient (Wildman–Crippen LogP) is 7.47. The fourth-order valence-electron chi connectivity index (χ4n) is 3.50. The Kier molecular flexibility index (Phi) is 6.24. The molecule has 0 aliphatic heterocycles. The highest BCUT2D eigenvalue weighted by molar-refractivity contribution is 5.77. The number of para-hydroxylation sites is 1. The van der Waals surface area contributed by atoms with Crippen LogP contribution in [0.1, 0.15) is 67.7 Å². The summed E-state index contributed by atoms with van der Waals surface area (Å²) in [6, 6.07) is 27.8. The lowest BCUT2D eigenvalue weighted by molar-refractivity contribution is 0.834. The van der Waals surface area contributed by atoms with E-state index >= 15 is 0 Å². The Labute approximate surface area is 163 Å². The third-order valence-electron chi connectivity index (χ3n) is 5.01. The fourth-order valence-corrected chi connectivity index (χ4v) is 3.50. The van der Waals surface area contributed by atoms with Crippen molar-refractivity contribution in [2.24, 2.45) is 4.99 Å². The average molecular weight is 356 g/mol. The third kappa shape index (κ3) is 4.54. The Bertz CT molecular complexity index is 811. The normalized spacial score (nSPS) is 11.8. The summed E-state index contributed by atoms with van der Waals surface area (Å²) in [4.78, 5) is 5.08. The van der Waals surface area contributed by atoms with Gasteiger partial charge in [-0.25, -0.2) is 0 Å². The zero-order valence-electron chi connectivity index (χ0n) is 16.8. The Morgan fingerprint density at radius 3 is 1.44 bits per heavy atom. The van der Waals surface area contributed by atoms with Crippen LogP contribution in [-0.4, -0.2) is 6.21 Å². The van der Waals surface area contributed by atoms with Crippen molar-refractivity contribution in [3.05, 3.63) is 101 Å². The van der Waals surface area contributed by atoms with Crippen molar-refractivity contribution < 1.29 is 0 Å². The number of aliphatic imine (C=N–C) groups is 1. The van der Waals surface area contributed by atoms with E-state index in [1.165, 1.54) is 22.3 Å². The van der Waals surface area contributed by atoms with Gasteiger partial charge in [0.15, 0.2) is 0 Å². The summed E-state index contributed by atoms with van der Waals surface area (Å²) in [6.45, 7) is 8.96. The van der Waals surface area contributed by atoms with Crippen molar-refractivity contribution in [3.63, 3.8) is 0 Å². The highest BCUT2D eigenvalue weighted by Gasteiger charge is 2.15. The van der Waals surface area contributed by atoms with Crippen molar-refractivity contribution in [1.82, 2.24) is 0 Å². The zero-order chi connectivity index (χ0) is 19.2. The minimum atomic E-state index is 0.146. The lowest BCUT2D eigenvalue weighted by atomic mass is 9.91. The summed E-state index contributed by atoms with van der Waals surface area (Å²) in [5.41, 5.74) is 6.30. The summed E-state index contributed by atoms with van der Waals surface area (Å²) >= 11 is 0. The molecule has 0 fully saturated rings. The van der Waals surface area contributed by atoms with Crippen LogP contribution in [0.15, 0.2) is 83.9 Å². The molecule has 0 saturated carbocycles. The van der Waals surface area contributed by atoms with Gasteiger partial charge in [0.05, 0.1) is 5.69 Å². The van der Waals surface area contributed by atoms with Crippen molar-refractivity contribution in [2.45, 2.75) is 45.4 Å². The standard InChI is InChI=1S/C26H29N/c1-19(2)23-16-11-17-24(20(3)4)26(23)27-18-25(21-12-7-5-8-13-21)22-14-9-6-10-15-22/h5-20,25H,1-4H3. The van der Waals surface area contributed by atoms with Crippen LogP contribution in [0.5, 0.6) is 0 Å². The van der Waals surface area contributed by atoms with Gasteiger partial charge in [0.1, 0.15) is 0 Å². The third-order valence-corrected chi connectivity index (χ3v) is 5.01. The summed E-state index contributed by atoms with van der Waals surface area (Å²) in [5.74, 6) is 1.04. The molecule has 138 valence electrons. The Morgan fingerprint density at radius 1 is 0.593 bits per heavy atom. The molecule has 27 heavy (non-hydrogen) atoms. The minimum absolute atomic E-state index is 0.146. The maximum absolute atomic E-state index is 5.08. The van der Waals surface area contributed by atoms with Gasteiger partial charge in [-0.2, -0.15) is 0 Å². The Hall–Kier alpha value is -2.67. The van der Waals surface area contributed by atoms with E-state index in [9.17, 15) is 0 Å². The van der Waals surface area contributed by atoms with Gasteiger partial charge >= 0.3 is 0 Å². The van der Waals surface area contributed by atoms with Crippen LogP contribution < -0.4 is 0 Å². The number of benzene rings is 3. The van der Waals surface area contributed by atoms with Crippen molar-refractivity contribution in [2.75, 3.05) is 0 Å². The molecule has 0 aromatic heterocycles. The smallest absolute Gasteiger partial charge is 0.0695 e. The lowest BCUT2D eigenvalue weighted by Crippen LogP contribution is -2.03. The SMILES string of the molecule is CC(C)c1cccc(C(C)C)c1N=CC(c1ccccc1)c1ccccc1. The second-order valence-corrected chi connectivity index (χ2v) is 7.67. The molecule has 1 heteroatoms. The molecule has 0 unspecified atom stereocenters. The molecule has 0 aliphatic rings. The summed E-state index contributed by atoms with van der Waals surface area (Å²) in [7, 11) is 0. The molecule has 3 aromatic rings. The van der Waals surface area contributed by atoms with E-state index in [2.05, 4.69) is 113 Å². The predicted molar refractivity (Wildman–Crippen MR) is 117 cm³/mol. The highest BCUT2D eigenvalue weighted by Crippen LogP contribution is 2.35. The first-order valence-corrected chi connectivity index (χ1v) is 9.84. The van der Waals surface area contributed by atoms with E-state index in [0.29, 0.717) is 11.8 Å². The van der Waals surface area contributed by atoms with Gasteiger partial charge in [0.25, 0.3) is 0 Å². The van der Waals surface area contributed by atoms with Gasteiger partial charge in [-0.05, 0) is 34.1 Å². The van der Waals surface area contributed by atoms with Gasteiger partial charge in [-0.3, -0.25) is 4.99 Å². The molecule has 0 radical (unpaired) electrons. The van der Waals surface area contributed by atoms with Crippen molar-refractivity contribution >= 4 is 11.9 Å². The first-order chi connectivity index (χ1) is 13.1. The van der Waals surface area contributed by atoms with E-state index in [4.69, 9.17) is 4.99 Å². The van der Waals surface area contributed by atoms with E-state index in [1.807, 2.05) is 0 Å². The van der Waals surface area contributed by atoms with Gasteiger partial charge in [-0.1, -0.05) is 107 Å². The largest absolute Gasteiger partial charge is 0.260 e. The molecule has 0 bridgehead atoms. The van der Waals surface area contributed by atoms with E-state index in [0.717, 1.165) is 5.69 Å². The molecule has 0 heterocycles. The maximum atomic E-state index is 5.08. The van der Waals surface area contributed by atoms with Crippen LogP contribution in [0.25, 0.3) is 0 Å². The molecule has 1 nitrogen and oxygen atoms in total. The Morgan fingerprint density at radius 2 is 1.04 bits per heavy atom. The zero-order valence-corrected chi connectivity index (χ0v) is 16.8. The molecule has 0 atom stereocenters. The number of nitrogens with zero attached hydrogens (tertiary/aromatic N) is 1. The van der Waals surface area contributed by atoms with E-state index in [-0.39, 0.29) is 5.92 Å². The molecule has 3 aromatic carbocycles. The molecular formula is C26H29N. The van der Waals surface area contributed by atoms with Crippen molar-refractivity contribution in [1.29, 1.82) is 0 Å². The summed E-state index contributed by atoms with van der Waals surface area (Å²) < 4.78 is 0. The van der Waals surface area contributed by atoms with Crippen LogP contribution >= 0.6 is 0 Å². The van der Waals surface area contributed by atoms with E-state index < -0.39 is 0 Å². The van der Waals surface area contributed by atoms with Gasteiger partial charge in [0, 0.05) is 12.1 Å². The van der Waals surface area contributed by atoms with Gasteiger partial charge in [0.2, 0.25) is 0 Å². The molecule has 0 spiro atoms. The fraction of sp³-hybridized carbons (Fsp3) is 0.269. The minimum Gasteiger partial charge on any atom is -0.260 e. The van der Waals surface area contributed by atoms with Crippen LogP contribution in [0.2, 0.25) is 0 Å². The molecule has 3 rings (SSSR count). The summed E-state index contributed by atoms with van der Waals surface area (Å²) in [5, 5.41) is 0. The monoisotopic (exact) mass is 355 g/mol. The highest BCUT2D eigenvalue weighted by atomic mass is 14.7. The molecule has 0 N–H and O–H groups in total. The van der Waals surface area contributed by atoms with Crippen LogP contribution in [0.4, 0.5) is 5.69 Å². The van der Waals surface area contributed by atoms with Crippen LogP contribution in [0, 0.1) is 0 Å². The first-order valence-electron chi connectivity index (χ1n) is 9.84. The van der Waals surface area contributed by atoms with Crippen LogP contribution in [0.3, 0.4) is 0 Å². The number of hydrogen-bond acceptors (Lipinski definition) is 1. The summed E-state index contributed by atoms with van der Waals surface area (Å²) in [6.07, 6.45) is 2.12. The Balaban J connectivity index is 2.08. The molecular weight excluding hydrogens is 326 g/mol. The number of rotatable bonds is 6. The molecule has 0 saturated heterocycles.